The largest absolute Gasteiger partial charge is 0.494 e. The van der Waals surface area contributed by atoms with E-state index in [0.29, 0.717) is 6.61 Å². The summed E-state index contributed by atoms with van der Waals surface area (Å²) in [5, 5.41) is 1.01. The van der Waals surface area contributed by atoms with Crippen molar-refractivity contribution in [3.63, 3.8) is 0 Å². The average molecular weight is 304 g/mol. The summed E-state index contributed by atoms with van der Waals surface area (Å²) in [5.41, 5.74) is 8.30. The third-order valence-corrected chi connectivity index (χ3v) is 4.47. The molecule has 1 aromatic carbocycles. The summed E-state index contributed by atoms with van der Waals surface area (Å²) in [6.45, 7) is 11.2. The molecule has 0 saturated carbocycles. The van der Waals surface area contributed by atoms with Gasteiger partial charge in [0.15, 0.2) is 0 Å². The van der Waals surface area contributed by atoms with Crippen LogP contribution in [0, 0.1) is 0 Å². The van der Waals surface area contributed by atoms with Crippen LogP contribution in [0.2, 0.25) is 0 Å². The van der Waals surface area contributed by atoms with Gasteiger partial charge in [-0.3, -0.25) is 0 Å². The van der Waals surface area contributed by atoms with Gasteiger partial charge >= 0.3 is 0 Å². The highest BCUT2D eigenvalue weighted by molar-refractivity contribution is 7.15. The van der Waals surface area contributed by atoms with Gasteiger partial charge in [-0.1, -0.05) is 32.9 Å². The minimum atomic E-state index is -0.00472. The monoisotopic (exact) mass is 304 g/mol. The molecule has 4 heteroatoms. The maximum absolute atomic E-state index is 6.13. The van der Waals surface area contributed by atoms with Gasteiger partial charge in [0, 0.05) is 21.9 Å². The van der Waals surface area contributed by atoms with E-state index >= 15 is 0 Å². The van der Waals surface area contributed by atoms with Gasteiger partial charge < -0.3 is 10.5 Å². The van der Waals surface area contributed by atoms with E-state index < -0.39 is 0 Å². The molecule has 0 saturated heterocycles. The molecule has 1 atom stereocenters. The van der Waals surface area contributed by atoms with E-state index in [2.05, 4.69) is 26.8 Å². The molecule has 2 rings (SSSR count). The lowest BCUT2D eigenvalue weighted by Gasteiger charge is -2.18. The first-order valence-electron chi connectivity index (χ1n) is 7.33. The summed E-state index contributed by atoms with van der Waals surface area (Å²) in [5.74, 6) is 0.879. The van der Waals surface area contributed by atoms with Crippen molar-refractivity contribution in [2.24, 2.45) is 5.73 Å². The van der Waals surface area contributed by atoms with E-state index in [1.807, 2.05) is 32.0 Å². The van der Waals surface area contributed by atoms with Gasteiger partial charge in [0.05, 0.1) is 12.3 Å². The van der Waals surface area contributed by atoms with E-state index in [-0.39, 0.29) is 11.5 Å². The SMILES string of the molecule is CCOc1cccc(-c2nc(C(C)(C)C)c(C(C)N)s2)c1. The Hall–Kier alpha value is -1.39. The van der Waals surface area contributed by atoms with Crippen LogP contribution in [-0.4, -0.2) is 11.6 Å². The van der Waals surface area contributed by atoms with Crippen molar-refractivity contribution in [1.29, 1.82) is 0 Å². The molecule has 0 aliphatic rings. The molecule has 1 aromatic heterocycles. The number of rotatable bonds is 4. The van der Waals surface area contributed by atoms with Gasteiger partial charge in [-0.25, -0.2) is 4.98 Å². The average Bonchev–Trinajstić information content (AvgIpc) is 2.84. The molecule has 21 heavy (non-hydrogen) atoms. The van der Waals surface area contributed by atoms with Crippen LogP contribution >= 0.6 is 11.3 Å². The first kappa shape index (κ1) is 16.0. The quantitative estimate of drug-likeness (QED) is 0.903. The molecule has 0 amide bonds. The number of nitrogens with two attached hydrogens (primary N) is 1. The van der Waals surface area contributed by atoms with Crippen molar-refractivity contribution < 1.29 is 4.74 Å². The third kappa shape index (κ3) is 3.63. The fourth-order valence-corrected chi connectivity index (χ4v) is 3.41. The van der Waals surface area contributed by atoms with Crippen molar-refractivity contribution in [3.05, 3.63) is 34.8 Å². The number of hydrogen-bond donors (Lipinski definition) is 1. The first-order chi connectivity index (χ1) is 9.82. The van der Waals surface area contributed by atoms with Gasteiger partial charge in [0.2, 0.25) is 0 Å². The van der Waals surface area contributed by atoms with Gasteiger partial charge in [0.1, 0.15) is 10.8 Å². The zero-order valence-electron chi connectivity index (χ0n) is 13.4. The Morgan fingerprint density at radius 3 is 2.57 bits per heavy atom. The minimum absolute atomic E-state index is 0.000509. The predicted octanol–water partition coefficient (Wildman–Crippen LogP) is 4.53. The van der Waals surface area contributed by atoms with Crippen molar-refractivity contribution in [2.75, 3.05) is 6.61 Å². The van der Waals surface area contributed by atoms with Gasteiger partial charge in [-0.2, -0.15) is 0 Å². The van der Waals surface area contributed by atoms with E-state index in [1.165, 1.54) is 4.88 Å². The fraction of sp³-hybridized carbons (Fsp3) is 0.471. The summed E-state index contributed by atoms with van der Waals surface area (Å²) in [6, 6.07) is 8.08. The standard InChI is InChI=1S/C17H24N2OS/c1-6-20-13-9-7-8-12(10-13)16-19-15(17(3,4)5)14(21-16)11(2)18/h7-11H,6,18H2,1-5H3. The highest BCUT2D eigenvalue weighted by atomic mass is 32.1. The Morgan fingerprint density at radius 1 is 1.33 bits per heavy atom. The molecule has 2 aromatic rings. The number of ether oxygens (including phenoxy) is 1. The highest BCUT2D eigenvalue weighted by Crippen LogP contribution is 2.37. The second-order valence-electron chi connectivity index (χ2n) is 6.23. The van der Waals surface area contributed by atoms with Crippen LogP contribution < -0.4 is 10.5 Å². The molecule has 114 valence electrons. The molecule has 0 radical (unpaired) electrons. The molecule has 1 heterocycles. The van der Waals surface area contributed by atoms with E-state index in [0.717, 1.165) is 22.0 Å². The molecule has 0 spiro atoms. The zero-order chi connectivity index (χ0) is 15.6. The Morgan fingerprint density at radius 2 is 2.05 bits per heavy atom. The molecule has 0 aliphatic carbocycles. The van der Waals surface area contributed by atoms with E-state index in [4.69, 9.17) is 15.5 Å². The highest BCUT2D eigenvalue weighted by Gasteiger charge is 2.25. The lowest BCUT2D eigenvalue weighted by Crippen LogP contribution is -2.17. The maximum atomic E-state index is 6.13. The molecule has 0 fully saturated rings. The summed E-state index contributed by atoms with van der Waals surface area (Å²) in [4.78, 5) is 6.02. The van der Waals surface area contributed by atoms with Crippen molar-refractivity contribution in [3.8, 4) is 16.3 Å². The maximum Gasteiger partial charge on any atom is 0.124 e. The Labute approximate surface area is 131 Å². The van der Waals surface area contributed by atoms with E-state index in [9.17, 15) is 0 Å². The Balaban J connectivity index is 2.47. The minimum Gasteiger partial charge on any atom is -0.494 e. The number of thiazole rings is 1. The molecule has 0 bridgehead atoms. The topological polar surface area (TPSA) is 48.1 Å². The smallest absolute Gasteiger partial charge is 0.124 e. The van der Waals surface area contributed by atoms with Crippen LogP contribution in [-0.2, 0) is 5.41 Å². The lowest BCUT2D eigenvalue weighted by atomic mass is 9.90. The number of aromatic nitrogens is 1. The van der Waals surface area contributed by atoms with Crippen molar-refractivity contribution in [2.45, 2.75) is 46.1 Å². The molecule has 1 unspecified atom stereocenters. The lowest BCUT2D eigenvalue weighted by molar-refractivity contribution is 0.340. The second kappa shape index (κ2) is 6.16. The van der Waals surface area contributed by atoms with Crippen LogP contribution in [0.3, 0.4) is 0 Å². The van der Waals surface area contributed by atoms with Crippen LogP contribution in [0.15, 0.2) is 24.3 Å². The second-order valence-corrected chi connectivity index (χ2v) is 7.26. The summed E-state index contributed by atoms with van der Waals surface area (Å²) in [7, 11) is 0. The van der Waals surface area contributed by atoms with Crippen molar-refractivity contribution in [1.82, 2.24) is 4.98 Å². The fourth-order valence-electron chi connectivity index (χ4n) is 2.19. The summed E-state index contributed by atoms with van der Waals surface area (Å²) >= 11 is 1.68. The van der Waals surface area contributed by atoms with Crippen LogP contribution in [0.4, 0.5) is 0 Å². The normalized spacial score (nSPS) is 13.2. The Bertz CT molecular complexity index is 611. The van der Waals surface area contributed by atoms with Gasteiger partial charge in [-0.15, -0.1) is 11.3 Å². The van der Waals surface area contributed by atoms with Crippen molar-refractivity contribution >= 4 is 11.3 Å². The third-order valence-electron chi connectivity index (χ3n) is 3.17. The van der Waals surface area contributed by atoms with Crippen LogP contribution in [0.25, 0.3) is 10.6 Å². The zero-order valence-corrected chi connectivity index (χ0v) is 14.3. The molecule has 0 aliphatic heterocycles. The first-order valence-corrected chi connectivity index (χ1v) is 8.14. The van der Waals surface area contributed by atoms with E-state index in [1.54, 1.807) is 11.3 Å². The van der Waals surface area contributed by atoms with Crippen LogP contribution in [0.5, 0.6) is 5.75 Å². The summed E-state index contributed by atoms with van der Waals surface area (Å²) in [6.07, 6.45) is 0. The summed E-state index contributed by atoms with van der Waals surface area (Å²) < 4.78 is 5.57. The van der Waals surface area contributed by atoms with Gasteiger partial charge in [-0.05, 0) is 26.0 Å². The number of benzene rings is 1. The molecular formula is C17H24N2OS. The number of nitrogens with zero attached hydrogens (tertiary/aromatic N) is 1. The van der Waals surface area contributed by atoms with Gasteiger partial charge in [0.25, 0.3) is 0 Å². The van der Waals surface area contributed by atoms with Crippen LogP contribution in [0.1, 0.15) is 51.2 Å². The number of hydrogen-bond acceptors (Lipinski definition) is 4. The predicted molar refractivity (Wildman–Crippen MR) is 90.0 cm³/mol. The molecule has 3 nitrogen and oxygen atoms in total. The Kier molecular flexibility index (Phi) is 4.69. The molecule has 2 N–H and O–H groups in total. The molecular weight excluding hydrogens is 280 g/mol.